The van der Waals surface area contributed by atoms with Crippen molar-refractivity contribution in [1.29, 1.82) is 0 Å². The van der Waals surface area contributed by atoms with Gasteiger partial charge in [0.15, 0.2) is 0 Å². The second-order valence-corrected chi connectivity index (χ2v) is 11.9. The van der Waals surface area contributed by atoms with Gasteiger partial charge in [0.2, 0.25) is 5.91 Å². The maximum Gasteiger partial charge on any atom is 0.417 e. The lowest BCUT2D eigenvalue weighted by Gasteiger charge is -2.25. The molecule has 10 heteroatoms. The predicted molar refractivity (Wildman–Crippen MR) is 187 cm³/mol. The normalized spacial score (nSPS) is 11.9. The monoisotopic (exact) mass is 674 g/mol. The topological polar surface area (TPSA) is 83.4 Å². The van der Waals surface area contributed by atoms with E-state index in [1.54, 1.807) is 102 Å². The molecule has 1 heterocycles. The summed E-state index contributed by atoms with van der Waals surface area (Å²) in [6, 6.07) is 36.0. The highest BCUT2D eigenvalue weighted by Crippen LogP contribution is 2.37. The van der Waals surface area contributed by atoms with E-state index in [9.17, 15) is 27.6 Å². The molecule has 50 heavy (non-hydrogen) atoms. The number of nitrogens with one attached hydrogen (secondary N) is 2. The van der Waals surface area contributed by atoms with Crippen molar-refractivity contribution in [3.05, 3.63) is 161 Å². The molecular formula is C40H33F3N4O3. The zero-order valence-electron chi connectivity index (χ0n) is 27.2. The molecule has 0 saturated heterocycles. The molecule has 0 spiro atoms. The summed E-state index contributed by atoms with van der Waals surface area (Å²) in [7, 11) is 3.38. The number of aromatic nitrogens is 1. The second kappa shape index (κ2) is 14.1. The number of nitrogens with zero attached hydrogens (tertiary/aromatic N) is 2. The maximum absolute atomic E-state index is 14.1. The summed E-state index contributed by atoms with van der Waals surface area (Å²) in [5.74, 6) is -1.73. The summed E-state index contributed by atoms with van der Waals surface area (Å²) < 4.78 is 44.0. The number of fused-ring (bicyclic) bond motifs is 1. The Bertz CT molecular complexity index is 2170. The van der Waals surface area contributed by atoms with Crippen molar-refractivity contribution in [1.82, 2.24) is 14.8 Å². The van der Waals surface area contributed by atoms with Crippen LogP contribution >= 0.6 is 0 Å². The van der Waals surface area contributed by atoms with E-state index in [0.717, 1.165) is 11.6 Å². The molecule has 0 aliphatic heterocycles. The SMILES string of the molecule is CN(Cc1ccccc1)C(=O)C(NC(=O)c1cc2cc(NC(=O)c3c(-c4ccccc4)cccc3C(F)(F)F)ccc2n1C)c1ccccc1. The second-order valence-electron chi connectivity index (χ2n) is 11.9. The standard InChI is InChI=1S/C40H33F3N4O3/c1-46(25-26-13-6-3-7-14-26)39(50)36(28-17-10-5-11-18-28)45-37(48)34-24-29-23-30(21-22-33(29)47(34)2)44-38(49)35-31(27-15-8-4-9-16-27)19-12-20-32(35)40(41,42)43/h3-24,36H,25H2,1-2H3,(H,44,49)(H,45,48). The van der Waals surface area contributed by atoms with Gasteiger partial charge in [-0.25, -0.2) is 0 Å². The van der Waals surface area contributed by atoms with Crippen molar-refractivity contribution >= 4 is 34.3 Å². The molecule has 2 N–H and O–H groups in total. The molecule has 0 saturated carbocycles. The molecule has 1 atom stereocenters. The minimum absolute atomic E-state index is 0.148. The number of hydrogen-bond acceptors (Lipinski definition) is 3. The fourth-order valence-electron chi connectivity index (χ4n) is 6.02. The third-order valence-electron chi connectivity index (χ3n) is 8.51. The van der Waals surface area contributed by atoms with Crippen molar-refractivity contribution in [2.75, 3.05) is 12.4 Å². The first-order valence-electron chi connectivity index (χ1n) is 15.8. The molecule has 0 aliphatic carbocycles. The first kappa shape index (κ1) is 33.7. The highest BCUT2D eigenvalue weighted by atomic mass is 19.4. The van der Waals surface area contributed by atoms with Crippen LogP contribution in [0, 0.1) is 0 Å². The fourth-order valence-corrected chi connectivity index (χ4v) is 6.02. The number of carbonyl (C=O) groups excluding carboxylic acids is 3. The van der Waals surface area contributed by atoms with Crippen LogP contribution in [0.25, 0.3) is 22.0 Å². The van der Waals surface area contributed by atoms with Gasteiger partial charge in [-0.15, -0.1) is 0 Å². The van der Waals surface area contributed by atoms with Crippen LogP contribution < -0.4 is 10.6 Å². The zero-order valence-corrected chi connectivity index (χ0v) is 27.2. The van der Waals surface area contributed by atoms with Crippen molar-refractivity contribution in [2.45, 2.75) is 18.8 Å². The molecule has 6 aromatic rings. The molecule has 1 unspecified atom stereocenters. The van der Waals surface area contributed by atoms with E-state index in [4.69, 9.17) is 0 Å². The van der Waals surface area contributed by atoms with Gasteiger partial charge in [0.25, 0.3) is 11.8 Å². The molecule has 3 amide bonds. The van der Waals surface area contributed by atoms with E-state index in [1.165, 1.54) is 12.1 Å². The highest BCUT2D eigenvalue weighted by molar-refractivity contribution is 6.11. The van der Waals surface area contributed by atoms with Gasteiger partial charge in [-0.3, -0.25) is 14.4 Å². The molecule has 1 aromatic heterocycles. The number of hydrogen-bond donors (Lipinski definition) is 2. The number of rotatable bonds is 9. The van der Waals surface area contributed by atoms with Crippen LogP contribution in [0.2, 0.25) is 0 Å². The number of halogens is 3. The van der Waals surface area contributed by atoms with Crippen LogP contribution in [0.15, 0.2) is 133 Å². The molecule has 252 valence electrons. The number of alkyl halides is 3. The number of likely N-dealkylation sites (N-methyl/N-ethyl adjacent to an activating group) is 1. The van der Waals surface area contributed by atoms with Crippen molar-refractivity contribution < 1.29 is 27.6 Å². The lowest BCUT2D eigenvalue weighted by atomic mass is 9.94. The smallest absolute Gasteiger partial charge is 0.340 e. The van der Waals surface area contributed by atoms with Gasteiger partial charge >= 0.3 is 6.18 Å². The molecule has 0 radical (unpaired) electrons. The summed E-state index contributed by atoms with van der Waals surface area (Å²) >= 11 is 0. The molecule has 0 fully saturated rings. The number of carbonyl (C=O) groups is 3. The van der Waals surface area contributed by atoms with E-state index >= 15 is 0 Å². The van der Waals surface area contributed by atoms with E-state index < -0.39 is 35.2 Å². The molecule has 5 aromatic carbocycles. The lowest BCUT2D eigenvalue weighted by Crippen LogP contribution is -2.41. The number of anilines is 1. The van der Waals surface area contributed by atoms with E-state index in [2.05, 4.69) is 10.6 Å². The summed E-state index contributed by atoms with van der Waals surface area (Å²) in [6.07, 6.45) is -4.77. The van der Waals surface area contributed by atoms with E-state index in [1.807, 2.05) is 36.4 Å². The van der Waals surface area contributed by atoms with Gasteiger partial charge in [-0.2, -0.15) is 13.2 Å². The van der Waals surface area contributed by atoms with Gasteiger partial charge in [0.1, 0.15) is 11.7 Å². The number of aryl methyl sites for hydroxylation is 1. The minimum atomic E-state index is -4.77. The summed E-state index contributed by atoms with van der Waals surface area (Å²) in [5.41, 5.74) is 1.76. The van der Waals surface area contributed by atoms with E-state index in [-0.39, 0.29) is 22.9 Å². The number of amides is 3. The van der Waals surface area contributed by atoms with Crippen LogP contribution in [-0.2, 0) is 24.6 Å². The number of benzene rings is 5. The fraction of sp³-hybridized carbons (Fsp3) is 0.125. The Morgan fingerprint density at radius 3 is 2.06 bits per heavy atom. The first-order chi connectivity index (χ1) is 24.0. The Hall–Kier alpha value is -6.16. The van der Waals surface area contributed by atoms with Crippen LogP contribution in [-0.4, -0.2) is 34.2 Å². The van der Waals surface area contributed by atoms with Gasteiger partial charge in [0.05, 0.1) is 11.1 Å². The molecule has 0 aliphatic rings. The largest absolute Gasteiger partial charge is 0.417 e. The lowest BCUT2D eigenvalue weighted by molar-refractivity contribution is -0.138. The van der Waals surface area contributed by atoms with Gasteiger partial charge < -0.3 is 20.1 Å². The maximum atomic E-state index is 14.1. The Labute approximate surface area is 287 Å². The first-order valence-corrected chi connectivity index (χ1v) is 15.8. The van der Waals surface area contributed by atoms with Crippen LogP contribution in [0.4, 0.5) is 18.9 Å². The van der Waals surface area contributed by atoms with Crippen molar-refractivity contribution in [2.24, 2.45) is 7.05 Å². The third kappa shape index (κ3) is 7.14. The highest BCUT2D eigenvalue weighted by Gasteiger charge is 2.37. The van der Waals surface area contributed by atoms with Crippen molar-refractivity contribution in [3.8, 4) is 11.1 Å². The van der Waals surface area contributed by atoms with Gasteiger partial charge in [-0.1, -0.05) is 103 Å². The van der Waals surface area contributed by atoms with Crippen molar-refractivity contribution in [3.63, 3.8) is 0 Å². The average molecular weight is 675 g/mol. The molecular weight excluding hydrogens is 641 g/mol. The summed E-state index contributed by atoms with van der Waals surface area (Å²) in [5, 5.41) is 6.10. The van der Waals surface area contributed by atoms with Crippen LogP contribution in [0.5, 0.6) is 0 Å². The van der Waals surface area contributed by atoms with Gasteiger partial charge in [0, 0.05) is 37.2 Å². The minimum Gasteiger partial charge on any atom is -0.340 e. The Balaban J connectivity index is 1.27. The molecule has 0 bridgehead atoms. The average Bonchev–Trinajstić information content (AvgIpc) is 3.45. The quantitative estimate of drug-likeness (QED) is 0.162. The molecule has 7 nitrogen and oxygen atoms in total. The zero-order chi connectivity index (χ0) is 35.4. The molecule has 6 rings (SSSR count). The van der Waals surface area contributed by atoms with Crippen LogP contribution in [0.3, 0.4) is 0 Å². The van der Waals surface area contributed by atoms with E-state index in [0.29, 0.717) is 28.6 Å². The summed E-state index contributed by atoms with van der Waals surface area (Å²) in [4.78, 5) is 42.6. The Kier molecular flexibility index (Phi) is 9.54. The predicted octanol–water partition coefficient (Wildman–Crippen LogP) is 8.25. The third-order valence-corrected chi connectivity index (χ3v) is 8.51. The van der Waals surface area contributed by atoms with Crippen LogP contribution in [0.1, 0.15) is 43.6 Å². The summed E-state index contributed by atoms with van der Waals surface area (Å²) in [6.45, 7) is 0.349. The van der Waals surface area contributed by atoms with Gasteiger partial charge in [-0.05, 0) is 52.6 Å². The Morgan fingerprint density at radius 1 is 0.760 bits per heavy atom. The Morgan fingerprint density at radius 2 is 1.40 bits per heavy atom.